The van der Waals surface area contributed by atoms with Crippen LogP contribution in [-0.2, 0) is 5.88 Å². The van der Waals surface area contributed by atoms with E-state index in [1.807, 2.05) is 18.0 Å². The summed E-state index contributed by atoms with van der Waals surface area (Å²) in [7, 11) is 1.85. The second-order valence-corrected chi connectivity index (χ2v) is 4.48. The highest BCUT2D eigenvalue weighted by Gasteiger charge is 2.08. The summed E-state index contributed by atoms with van der Waals surface area (Å²) in [5.41, 5.74) is 1.66. The van der Waals surface area contributed by atoms with Crippen molar-refractivity contribution in [3.8, 4) is 0 Å². The van der Waals surface area contributed by atoms with Gasteiger partial charge in [-0.2, -0.15) is 0 Å². The fraction of sp³-hybridized carbons (Fsp3) is 0.154. The van der Waals surface area contributed by atoms with Crippen molar-refractivity contribution in [3.05, 3.63) is 52.9 Å². The normalized spacial score (nSPS) is 10.4. The Morgan fingerprint density at radius 1 is 1.28 bits per heavy atom. The van der Waals surface area contributed by atoms with E-state index in [1.54, 1.807) is 18.3 Å². The molecule has 0 aliphatic heterocycles. The standard InChI is InChI=1S/C13H11Cl2FN2/c1-18(11-4-2-10(16)3-5-11)13-6-9(7-14)12(15)8-17-13/h2-6,8H,7H2,1H3. The molecule has 0 saturated heterocycles. The van der Waals surface area contributed by atoms with Crippen molar-refractivity contribution in [2.24, 2.45) is 0 Å². The molecule has 1 heterocycles. The highest BCUT2D eigenvalue weighted by molar-refractivity contribution is 6.32. The van der Waals surface area contributed by atoms with Gasteiger partial charge in [0.15, 0.2) is 0 Å². The van der Waals surface area contributed by atoms with E-state index in [-0.39, 0.29) is 5.82 Å². The van der Waals surface area contributed by atoms with Gasteiger partial charge in [0.25, 0.3) is 0 Å². The summed E-state index contributed by atoms with van der Waals surface area (Å²) >= 11 is 11.7. The topological polar surface area (TPSA) is 16.1 Å². The first-order valence-corrected chi connectivity index (χ1v) is 6.22. The van der Waals surface area contributed by atoms with Crippen LogP contribution in [0.5, 0.6) is 0 Å². The van der Waals surface area contributed by atoms with E-state index in [4.69, 9.17) is 23.2 Å². The lowest BCUT2D eigenvalue weighted by atomic mass is 10.2. The maximum atomic E-state index is 12.9. The highest BCUT2D eigenvalue weighted by Crippen LogP contribution is 2.26. The summed E-state index contributed by atoms with van der Waals surface area (Å²) in [6.07, 6.45) is 1.56. The summed E-state index contributed by atoms with van der Waals surface area (Å²) in [4.78, 5) is 6.07. The van der Waals surface area contributed by atoms with Crippen molar-refractivity contribution in [2.75, 3.05) is 11.9 Å². The van der Waals surface area contributed by atoms with Crippen LogP contribution in [0, 0.1) is 5.82 Å². The molecule has 0 aliphatic carbocycles. The summed E-state index contributed by atoms with van der Waals surface area (Å²) in [5, 5.41) is 0.543. The number of pyridine rings is 1. The molecule has 0 fully saturated rings. The second kappa shape index (κ2) is 5.55. The van der Waals surface area contributed by atoms with Crippen LogP contribution < -0.4 is 4.90 Å². The number of alkyl halides is 1. The van der Waals surface area contributed by atoms with Crippen LogP contribution in [0.4, 0.5) is 15.9 Å². The first-order valence-electron chi connectivity index (χ1n) is 5.31. The van der Waals surface area contributed by atoms with Crippen molar-refractivity contribution in [2.45, 2.75) is 5.88 Å². The smallest absolute Gasteiger partial charge is 0.133 e. The summed E-state index contributed by atoms with van der Waals surface area (Å²) < 4.78 is 12.9. The Hall–Kier alpha value is -1.32. The van der Waals surface area contributed by atoms with Gasteiger partial charge in [-0.1, -0.05) is 11.6 Å². The Morgan fingerprint density at radius 3 is 2.56 bits per heavy atom. The maximum absolute atomic E-state index is 12.9. The van der Waals surface area contributed by atoms with Gasteiger partial charge in [-0.3, -0.25) is 0 Å². The number of halogens is 3. The number of aromatic nitrogens is 1. The molecule has 0 amide bonds. The van der Waals surface area contributed by atoms with E-state index in [9.17, 15) is 4.39 Å². The average Bonchev–Trinajstić information content (AvgIpc) is 2.39. The van der Waals surface area contributed by atoms with Crippen LogP contribution in [0.15, 0.2) is 36.5 Å². The highest BCUT2D eigenvalue weighted by atomic mass is 35.5. The summed E-state index contributed by atoms with van der Waals surface area (Å²) in [5.74, 6) is 0.769. The van der Waals surface area contributed by atoms with Gasteiger partial charge >= 0.3 is 0 Å². The lowest BCUT2D eigenvalue weighted by Gasteiger charge is -2.19. The lowest BCUT2D eigenvalue weighted by molar-refractivity contribution is 0.628. The number of benzene rings is 1. The van der Waals surface area contributed by atoms with Gasteiger partial charge in [0.2, 0.25) is 0 Å². The van der Waals surface area contributed by atoms with E-state index < -0.39 is 0 Å². The third-order valence-electron chi connectivity index (χ3n) is 2.62. The molecular formula is C13H11Cl2FN2. The molecule has 5 heteroatoms. The molecule has 0 atom stereocenters. The molecular weight excluding hydrogens is 274 g/mol. The van der Waals surface area contributed by atoms with Crippen molar-refractivity contribution in [1.29, 1.82) is 0 Å². The van der Waals surface area contributed by atoms with E-state index in [2.05, 4.69) is 4.98 Å². The van der Waals surface area contributed by atoms with E-state index >= 15 is 0 Å². The predicted molar refractivity (Wildman–Crippen MR) is 73.3 cm³/mol. The molecule has 0 N–H and O–H groups in total. The molecule has 1 aromatic carbocycles. The molecule has 0 aliphatic rings. The van der Waals surface area contributed by atoms with Crippen molar-refractivity contribution >= 4 is 34.7 Å². The molecule has 0 radical (unpaired) electrons. The largest absolute Gasteiger partial charge is 0.329 e. The van der Waals surface area contributed by atoms with E-state index in [1.165, 1.54) is 12.1 Å². The first-order chi connectivity index (χ1) is 8.61. The van der Waals surface area contributed by atoms with Crippen LogP contribution in [0.1, 0.15) is 5.56 Å². The Labute approximate surface area is 115 Å². The zero-order chi connectivity index (χ0) is 13.1. The molecule has 0 unspecified atom stereocenters. The van der Waals surface area contributed by atoms with Crippen molar-refractivity contribution < 1.29 is 4.39 Å². The van der Waals surface area contributed by atoms with Gasteiger partial charge in [0.05, 0.1) is 5.02 Å². The fourth-order valence-electron chi connectivity index (χ4n) is 1.55. The van der Waals surface area contributed by atoms with E-state index in [0.29, 0.717) is 16.7 Å². The van der Waals surface area contributed by atoms with Crippen molar-refractivity contribution in [3.63, 3.8) is 0 Å². The molecule has 94 valence electrons. The Kier molecular flexibility index (Phi) is 4.04. The summed E-state index contributed by atoms with van der Waals surface area (Å²) in [6, 6.07) is 8.01. The molecule has 0 spiro atoms. The number of rotatable bonds is 3. The minimum atomic E-state index is -0.266. The summed E-state index contributed by atoms with van der Waals surface area (Å²) in [6.45, 7) is 0. The SMILES string of the molecule is CN(c1ccc(F)cc1)c1cc(CCl)c(Cl)cn1. The maximum Gasteiger partial charge on any atom is 0.133 e. The van der Waals surface area contributed by atoms with Crippen molar-refractivity contribution in [1.82, 2.24) is 4.98 Å². The lowest BCUT2D eigenvalue weighted by Crippen LogP contribution is -2.11. The Balaban J connectivity index is 2.33. The Morgan fingerprint density at radius 2 is 1.94 bits per heavy atom. The zero-order valence-electron chi connectivity index (χ0n) is 9.70. The molecule has 2 aromatic rings. The fourth-order valence-corrected chi connectivity index (χ4v) is 2.01. The van der Waals surface area contributed by atoms with Gasteiger partial charge in [-0.25, -0.2) is 9.37 Å². The third kappa shape index (κ3) is 2.74. The monoisotopic (exact) mass is 284 g/mol. The van der Waals surface area contributed by atoms with E-state index in [0.717, 1.165) is 11.3 Å². The van der Waals surface area contributed by atoms with Crippen LogP contribution in [0.25, 0.3) is 0 Å². The number of hydrogen-bond acceptors (Lipinski definition) is 2. The molecule has 1 aromatic heterocycles. The molecule has 2 rings (SSSR count). The van der Waals surface area contributed by atoms with Gasteiger partial charge in [-0.05, 0) is 35.9 Å². The van der Waals surface area contributed by atoms with Gasteiger partial charge in [0, 0.05) is 24.8 Å². The quantitative estimate of drug-likeness (QED) is 0.778. The average molecular weight is 285 g/mol. The third-order valence-corrected chi connectivity index (χ3v) is 3.25. The van der Waals surface area contributed by atoms with Crippen LogP contribution >= 0.6 is 23.2 Å². The zero-order valence-corrected chi connectivity index (χ0v) is 11.2. The van der Waals surface area contributed by atoms with Gasteiger partial charge in [0.1, 0.15) is 11.6 Å². The van der Waals surface area contributed by atoms with Gasteiger partial charge < -0.3 is 4.90 Å². The predicted octanol–water partition coefficient (Wildman–Crippen LogP) is 4.38. The minimum absolute atomic E-state index is 0.266. The van der Waals surface area contributed by atoms with Gasteiger partial charge in [-0.15, -0.1) is 11.6 Å². The number of anilines is 2. The molecule has 18 heavy (non-hydrogen) atoms. The molecule has 2 nitrogen and oxygen atoms in total. The Bertz CT molecular complexity index is 543. The molecule has 0 saturated carbocycles. The number of nitrogens with zero attached hydrogens (tertiary/aromatic N) is 2. The van der Waals surface area contributed by atoms with Crippen LogP contribution in [-0.4, -0.2) is 12.0 Å². The molecule has 0 bridgehead atoms. The number of hydrogen-bond donors (Lipinski definition) is 0. The van der Waals surface area contributed by atoms with Crippen LogP contribution in [0.2, 0.25) is 5.02 Å². The van der Waals surface area contributed by atoms with Crippen LogP contribution in [0.3, 0.4) is 0 Å². The first kappa shape index (κ1) is 13.1. The minimum Gasteiger partial charge on any atom is -0.329 e. The second-order valence-electron chi connectivity index (χ2n) is 3.80.